The van der Waals surface area contributed by atoms with Gasteiger partial charge in [0, 0.05) is 0 Å². The van der Waals surface area contributed by atoms with Gasteiger partial charge in [-0.2, -0.15) is 0 Å². The van der Waals surface area contributed by atoms with Crippen molar-refractivity contribution < 1.29 is 4.42 Å². The van der Waals surface area contributed by atoms with E-state index in [0.29, 0.717) is 0 Å². The van der Waals surface area contributed by atoms with Crippen molar-refractivity contribution in [1.29, 1.82) is 0 Å². The third kappa shape index (κ3) is 3.94. The zero-order valence-corrected chi connectivity index (χ0v) is 24.9. The molecule has 7 aromatic carbocycles. The van der Waals surface area contributed by atoms with Crippen molar-refractivity contribution in [3.8, 4) is 11.1 Å². The van der Waals surface area contributed by atoms with Crippen LogP contribution in [0.3, 0.4) is 0 Å². The number of nitrogens with zero attached hydrogens (tertiary/aromatic N) is 1. The predicted octanol–water partition coefficient (Wildman–Crippen LogP) is 11.2. The molecule has 43 heavy (non-hydrogen) atoms. The maximum atomic E-state index is 6.23. The van der Waals surface area contributed by atoms with Crippen LogP contribution in [0.25, 0.3) is 63.1 Å². The van der Waals surface area contributed by atoms with E-state index in [2.05, 4.69) is 144 Å². The number of benzene rings is 7. The Kier molecular flexibility index (Phi) is 5.55. The second-order valence-corrected chi connectivity index (χ2v) is 13.2. The third-order valence-electron chi connectivity index (χ3n) is 8.44. The normalized spacial score (nSPS) is 11.7. The molecular weight excluding hydrogens is 589 g/mol. The van der Waals surface area contributed by atoms with Crippen molar-refractivity contribution >= 4 is 83.6 Å². The van der Waals surface area contributed by atoms with Crippen LogP contribution < -0.4 is 4.90 Å². The van der Waals surface area contributed by atoms with Crippen molar-refractivity contribution in [2.75, 3.05) is 4.90 Å². The molecular formula is C40H25NOSe. The molecule has 0 unspecified atom stereocenters. The molecule has 0 spiro atoms. The van der Waals surface area contributed by atoms with E-state index in [1.165, 1.54) is 46.9 Å². The van der Waals surface area contributed by atoms with Crippen LogP contribution in [0, 0.1) is 0 Å². The van der Waals surface area contributed by atoms with Gasteiger partial charge in [-0.15, -0.1) is 0 Å². The number of rotatable bonds is 4. The first-order chi connectivity index (χ1) is 21.3. The summed E-state index contributed by atoms with van der Waals surface area (Å²) in [5.41, 5.74) is 7.69. The van der Waals surface area contributed by atoms with Gasteiger partial charge in [-0.3, -0.25) is 0 Å². The monoisotopic (exact) mass is 615 g/mol. The number of furan rings is 1. The van der Waals surface area contributed by atoms with E-state index in [4.69, 9.17) is 4.42 Å². The van der Waals surface area contributed by atoms with Gasteiger partial charge >= 0.3 is 256 Å². The molecule has 0 aliphatic carbocycles. The van der Waals surface area contributed by atoms with Gasteiger partial charge in [0.2, 0.25) is 0 Å². The molecule has 0 aliphatic heterocycles. The van der Waals surface area contributed by atoms with Gasteiger partial charge in [-0.05, 0) is 0 Å². The summed E-state index contributed by atoms with van der Waals surface area (Å²) in [7, 11) is 0. The Bertz CT molecular complexity index is 2450. The van der Waals surface area contributed by atoms with Gasteiger partial charge in [0.15, 0.2) is 0 Å². The molecule has 2 heterocycles. The molecule has 2 nitrogen and oxygen atoms in total. The van der Waals surface area contributed by atoms with Crippen LogP contribution in [0.4, 0.5) is 17.1 Å². The SMILES string of the molecule is c1ccc(-c2ccc(N(c3ccc4oc5ccccc5c4c3)c3cc4ccccc4c4[se]c5ccccc5c34)cc2)cc1. The standard InChI is InChI=1S/C40H25NOSe/c1-2-10-26(11-3-1)27-18-20-29(21-19-27)41(30-22-23-37-34(25-30)32-14-6-8-16-36(32)42-37)35-24-28-12-4-5-13-31(28)40-39(35)33-15-7-9-17-38(33)43-40/h1-25H. The van der Waals surface area contributed by atoms with Crippen LogP contribution in [-0.2, 0) is 0 Å². The first kappa shape index (κ1) is 24.5. The molecule has 0 amide bonds. The van der Waals surface area contributed by atoms with E-state index in [0.717, 1.165) is 33.3 Å². The molecule has 2 aromatic heterocycles. The fraction of sp³-hybridized carbons (Fsp3) is 0. The molecule has 0 saturated carbocycles. The van der Waals surface area contributed by atoms with Crippen LogP contribution in [0.1, 0.15) is 0 Å². The number of hydrogen-bond donors (Lipinski definition) is 0. The molecule has 202 valence electrons. The van der Waals surface area contributed by atoms with E-state index < -0.39 is 0 Å². The van der Waals surface area contributed by atoms with Crippen molar-refractivity contribution in [3.63, 3.8) is 0 Å². The Morgan fingerprint density at radius 3 is 1.98 bits per heavy atom. The van der Waals surface area contributed by atoms with Crippen molar-refractivity contribution in [2.45, 2.75) is 0 Å². The Balaban J connectivity index is 1.35. The second-order valence-electron chi connectivity index (χ2n) is 10.9. The fourth-order valence-corrected chi connectivity index (χ4v) is 9.07. The van der Waals surface area contributed by atoms with Crippen molar-refractivity contribution in [1.82, 2.24) is 0 Å². The van der Waals surface area contributed by atoms with Gasteiger partial charge in [0.1, 0.15) is 0 Å². The van der Waals surface area contributed by atoms with Crippen LogP contribution in [0.5, 0.6) is 0 Å². The number of para-hydroxylation sites is 1. The molecule has 0 fully saturated rings. The van der Waals surface area contributed by atoms with E-state index in [1.54, 1.807) is 0 Å². The molecule has 0 bridgehead atoms. The summed E-state index contributed by atoms with van der Waals surface area (Å²) in [6.07, 6.45) is 0. The van der Waals surface area contributed by atoms with Gasteiger partial charge in [0.25, 0.3) is 0 Å². The first-order valence-electron chi connectivity index (χ1n) is 14.5. The van der Waals surface area contributed by atoms with Gasteiger partial charge < -0.3 is 0 Å². The third-order valence-corrected chi connectivity index (χ3v) is 11.0. The Morgan fingerprint density at radius 1 is 0.465 bits per heavy atom. The van der Waals surface area contributed by atoms with E-state index >= 15 is 0 Å². The maximum absolute atomic E-state index is 6.23. The summed E-state index contributed by atoms with van der Waals surface area (Å²) in [5, 5.41) is 7.58. The van der Waals surface area contributed by atoms with Crippen LogP contribution in [0.15, 0.2) is 156 Å². The molecule has 0 atom stereocenters. The molecule has 0 aliphatic rings. The Hall–Kier alpha value is -5.08. The summed E-state index contributed by atoms with van der Waals surface area (Å²) < 4.78 is 9.13. The van der Waals surface area contributed by atoms with E-state index in [-0.39, 0.29) is 14.5 Å². The van der Waals surface area contributed by atoms with E-state index in [9.17, 15) is 0 Å². The Labute approximate surface area is 254 Å². The summed E-state index contributed by atoms with van der Waals surface area (Å²) in [6.45, 7) is 0. The number of anilines is 3. The number of hydrogen-bond acceptors (Lipinski definition) is 2. The van der Waals surface area contributed by atoms with E-state index in [1.807, 2.05) is 12.1 Å². The topological polar surface area (TPSA) is 16.4 Å². The summed E-state index contributed by atoms with van der Waals surface area (Å²) in [6, 6.07) is 54.7. The molecule has 0 N–H and O–H groups in total. The van der Waals surface area contributed by atoms with Crippen LogP contribution >= 0.6 is 0 Å². The van der Waals surface area contributed by atoms with Crippen molar-refractivity contribution in [2.24, 2.45) is 0 Å². The van der Waals surface area contributed by atoms with Gasteiger partial charge in [0.05, 0.1) is 0 Å². The molecule has 0 radical (unpaired) electrons. The predicted molar refractivity (Wildman–Crippen MR) is 183 cm³/mol. The second kappa shape index (κ2) is 9.74. The summed E-state index contributed by atoms with van der Waals surface area (Å²) >= 11 is 0.231. The fourth-order valence-electron chi connectivity index (χ4n) is 6.43. The zero-order chi connectivity index (χ0) is 28.3. The average molecular weight is 615 g/mol. The van der Waals surface area contributed by atoms with Gasteiger partial charge in [-0.25, -0.2) is 0 Å². The molecule has 3 heteroatoms. The summed E-state index contributed by atoms with van der Waals surface area (Å²) in [5.74, 6) is 0. The quantitative estimate of drug-likeness (QED) is 0.183. The van der Waals surface area contributed by atoms with Gasteiger partial charge in [-0.1, -0.05) is 0 Å². The molecule has 9 aromatic rings. The van der Waals surface area contributed by atoms with Crippen LogP contribution in [0.2, 0.25) is 0 Å². The Morgan fingerprint density at radius 2 is 1.12 bits per heavy atom. The average Bonchev–Trinajstić information content (AvgIpc) is 3.65. The zero-order valence-electron chi connectivity index (χ0n) is 23.2. The molecule has 0 saturated heterocycles. The van der Waals surface area contributed by atoms with Crippen LogP contribution in [-0.4, -0.2) is 14.5 Å². The van der Waals surface area contributed by atoms with Crippen molar-refractivity contribution in [3.05, 3.63) is 152 Å². The first-order valence-corrected chi connectivity index (χ1v) is 16.2. The number of fused-ring (bicyclic) bond motifs is 8. The minimum absolute atomic E-state index is 0.231. The summed E-state index contributed by atoms with van der Waals surface area (Å²) in [4.78, 5) is 2.44. The minimum atomic E-state index is 0.231. The molecule has 9 rings (SSSR count).